The summed E-state index contributed by atoms with van der Waals surface area (Å²) < 4.78 is 1.80. The number of rotatable bonds is 7. The number of nitrogens with zero attached hydrogens (tertiary/aromatic N) is 4. The highest BCUT2D eigenvalue weighted by molar-refractivity contribution is 6.09. The van der Waals surface area contributed by atoms with Crippen LogP contribution in [0.25, 0.3) is 0 Å². The fourth-order valence-electron chi connectivity index (χ4n) is 4.06. The lowest BCUT2D eigenvalue weighted by atomic mass is 9.73. The van der Waals surface area contributed by atoms with Gasteiger partial charge in [-0.2, -0.15) is 0 Å². The molecule has 2 aromatic carbocycles. The molecule has 1 atom stereocenters. The van der Waals surface area contributed by atoms with Crippen LogP contribution in [0, 0.1) is 0 Å². The smallest absolute Gasteiger partial charge is 0.238 e. The number of hydrogen-bond donors (Lipinski definition) is 1. The van der Waals surface area contributed by atoms with Crippen molar-refractivity contribution < 1.29 is 9.59 Å². The van der Waals surface area contributed by atoms with Gasteiger partial charge < -0.3 is 14.8 Å². The Morgan fingerprint density at radius 3 is 2.48 bits per heavy atom. The van der Waals surface area contributed by atoms with Gasteiger partial charge in [-0.3, -0.25) is 9.59 Å². The molecule has 1 unspecified atom stereocenters. The maximum absolute atomic E-state index is 13.4. The van der Waals surface area contributed by atoms with E-state index in [-0.39, 0.29) is 18.2 Å². The minimum absolute atomic E-state index is 0.0449. The fourth-order valence-corrected chi connectivity index (χ4v) is 4.06. The average molecular weight is 389 g/mol. The number of likely N-dealkylation sites (N-methyl/N-ethyl adjacent to an activating group) is 1. The van der Waals surface area contributed by atoms with E-state index >= 15 is 0 Å². The second-order valence-corrected chi connectivity index (χ2v) is 7.35. The van der Waals surface area contributed by atoms with Crippen LogP contribution in [0.1, 0.15) is 17.5 Å². The number of anilines is 1. The molecule has 1 N–H and O–H groups in total. The van der Waals surface area contributed by atoms with Gasteiger partial charge in [0.2, 0.25) is 11.8 Å². The SMILES string of the molecule is CN1C(=O)C(CC(=O)NCCn2cnnc2)(Cc2ccccc2)c2ccccc21. The molecule has 7 nitrogen and oxygen atoms in total. The molecule has 29 heavy (non-hydrogen) atoms. The number of hydrogen-bond acceptors (Lipinski definition) is 4. The first-order chi connectivity index (χ1) is 14.1. The third-order valence-corrected chi connectivity index (χ3v) is 5.46. The molecular weight excluding hydrogens is 366 g/mol. The Morgan fingerprint density at radius 1 is 1.03 bits per heavy atom. The van der Waals surface area contributed by atoms with Gasteiger partial charge in [0.1, 0.15) is 12.7 Å². The lowest BCUT2D eigenvalue weighted by Crippen LogP contribution is -2.44. The Morgan fingerprint density at radius 2 is 1.72 bits per heavy atom. The van der Waals surface area contributed by atoms with Gasteiger partial charge >= 0.3 is 0 Å². The molecule has 0 aliphatic carbocycles. The van der Waals surface area contributed by atoms with Gasteiger partial charge in [0.15, 0.2) is 0 Å². The summed E-state index contributed by atoms with van der Waals surface area (Å²) in [6.07, 6.45) is 3.79. The minimum atomic E-state index is -0.909. The zero-order chi connectivity index (χ0) is 20.3. The van der Waals surface area contributed by atoms with E-state index in [4.69, 9.17) is 0 Å². The first-order valence-electron chi connectivity index (χ1n) is 9.61. The summed E-state index contributed by atoms with van der Waals surface area (Å²) in [5.41, 5.74) is 1.90. The maximum atomic E-state index is 13.4. The van der Waals surface area contributed by atoms with Crippen LogP contribution in [0.5, 0.6) is 0 Å². The second kappa shape index (κ2) is 7.87. The maximum Gasteiger partial charge on any atom is 0.238 e. The summed E-state index contributed by atoms with van der Waals surface area (Å²) in [6, 6.07) is 17.6. The Labute approximate surface area is 169 Å². The van der Waals surface area contributed by atoms with Crippen LogP contribution in [0.3, 0.4) is 0 Å². The van der Waals surface area contributed by atoms with Crippen LogP contribution in [0.2, 0.25) is 0 Å². The van der Waals surface area contributed by atoms with Crippen LogP contribution in [0.15, 0.2) is 67.3 Å². The molecule has 0 radical (unpaired) electrons. The standard InChI is InChI=1S/C22H23N5O2/c1-26-19-10-6-5-9-18(19)22(21(26)29,13-17-7-3-2-4-8-17)14-20(28)23-11-12-27-15-24-25-16-27/h2-10,15-16H,11-14H2,1H3,(H,23,28). The third-order valence-electron chi connectivity index (χ3n) is 5.46. The molecule has 3 aromatic rings. The van der Waals surface area contributed by atoms with Crippen molar-refractivity contribution in [1.82, 2.24) is 20.1 Å². The number of nitrogens with one attached hydrogen (secondary N) is 1. The van der Waals surface area contributed by atoms with E-state index in [1.54, 1.807) is 29.2 Å². The first-order valence-corrected chi connectivity index (χ1v) is 9.61. The van der Waals surface area contributed by atoms with Gasteiger partial charge in [-0.1, -0.05) is 48.5 Å². The zero-order valence-electron chi connectivity index (χ0n) is 16.3. The molecule has 1 aliphatic rings. The Kier molecular flexibility index (Phi) is 5.12. The van der Waals surface area contributed by atoms with Crippen LogP contribution >= 0.6 is 0 Å². The minimum Gasteiger partial charge on any atom is -0.354 e. The summed E-state index contributed by atoms with van der Waals surface area (Å²) in [7, 11) is 1.78. The van der Waals surface area contributed by atoms with E-state index in [0.29, 0.717) is 19.5 Å². The van der Waals surface area contributed by atoms with E-state index in [9.17, 15) is 9.59 Å². The Balaban J connectivity index is 1.59. The van der Waals surface area contributed by atoms with Crippen LogP contribution in [-0.4, -0.2) is 40.2 Å². The van der Waals surface area contributed by atoms with Crippen LogP contribution in [-0.2, 0) is 28.0 Å². The zero-order valence-corrected chi connectivity index (χ0v) is 16.3. The molecule has 4 rings (SSSR count). The molecule has 0 bridgehead atoms. The van der Waals surface area contributed by atoms with Crippen LogP contribution in [0.4, 0.5) is 5.69 Å². The van der Waals surface area contributed by atoms with Gasteiger partial charge in [-0.15, -0.1) is 10.2 Å². The van der Waals surface area contributed by atoms with Crippen molar-refractivity contribution in [3.8, 4) is 0 Å². The molecule has 0 saturated carbocycles. The van der Waals surface area contributed by atoms with E-state index in [1.807, 2.05) is 54.6 Å². The Hall–Kier alpha value is -3.48. The third kappa shape index (κ3) is 3.63. The lowest BCUT2D eigenvalue weighted by Gasteiger charge is -2.28. The number of para-hydroxylation sites is 1. The highest BCUT2D eigenvalue weighted by atomic mass is 16.2. The predicted molar refractivity (Wildman–Crippen MR) is 109 cm³/mol. The number of carbonyl (C=O) groups is 2. The normalized spacial score (nSPS) is 18.0. The largest absolute Gasteiger partial charge is 0.354 e. The molecule has 0 saturated heterocycles. The summed E-state index contributed by atoms with van der Waals surface area (Å²) in [5, 5.41) is 10.4. The molecular formula is C22H23N5O2. The molecule has 0 fully saturated rings. The molecule has 7 heteroatoms. The van der Waals surface area contributed by atoms with Gasteiger partial charge in [0.05, 0.1) is 5.41 Å². The van der Waals surface area contributed by atoms with E-state index in [2.05, 4.69) is 15.5 Å². The van der Waals surface area contributed by atoms with Crippen LogP contribution < -0.4 is 10.2 Å². The molecule has 148 valence electrons. The number of fused-ring (bicyclic) bond motifs is 1. The Bertz CT molecular complexity index is 1000. The van der Waals surface area contributed by atoms with Crippen molar-refractivity contribution in [1.29, 1.82) is 0 Å². The van der Waals surface area contributed by atoms with Gasteiger partial charge in [-0.25, -0.2) is 0 Å². The molecule has 2 heterocycles. The highest BCUT2D eigenvalue weighted by Gasteiger charge is 2.50. The summed E-state index contributed by atoms with van der Waals surface area (Å²) >= 11 is 0. The molecule has 1 aromatic heterocycles. The summed E-state index contributed by atoms with van der Waals surface area (Å²) in [4.78, 5) is 27.9. The van der Waals surface area contributed by atoms with Gasteiger partial charge in [-0.05, 0) is 23.6 Å². The quantitative estimate of drug-likeness (QED) is 0.670. The average Bonchev–Trinajstić information content (AvgIpc) is 3.32. The number of carbonyl (C=O) groups excluding carboxylic acids is 2. The molecule has 0 spiro atoms. The predicted octanol–water partition coefficient (Wildman–Crippen LogP) is 1.94. The van der Waals surface area contributed by atoms with Crippen molar-refractivity contribution in [2.45, 2.75) is 24.8 Å². The number of amides is 2. The molecule has 1 aliphatic heterocycles. The van der Waals surface area contributed by atoms with E-state index < -0.39 is 5.41 Å². The number of benzene rings is 2. The number of aromatic nitrogens is 3. The van der Waals surface area contributed by atoms with Crippen molar-refractivity contribution in [2.75, 3.05) is 18.5 Å². The highest BCUT2D eigenvalue weighted by Crippen LogP contribution is 2.45. The first kappa shape index (κ1) is 18.9. The van der Waals surface area contributed by atoms with E-state index in [0.717, 1.165) is 16.8 Å². The lowest BCUT2D eigenvalue weighted by molar-refractivity contribution is -0.129. The van der Waals surface area contributed by atoms with Crippen molar-refractivity contribution >= 4 is 17.5 Å². The van der Waals surface area contributed by atoms with Crippen molar-refractivity contribution in [3.05, 3.63) is 78.4 Å². The summed E-state index contributed by atoms with van der Waals surface area (Å²) in [5.74, 6) is -0.191. The topological polar surface area (TPSA) is 80.1 Å². The monoisotopic (exact) mass is 389 g/mol. The second-order valence-electron chi connectivity index (χ2n) is 7.35. The van der Waals surface area contributed by atoms with E-state index in [1.165, 1.54) is 0 Å². The summed E-state index contributed by atoms with van der Waals surface area (Å²) in [6.45, 7) is 1.03. The fraction of sp³-hybridized carbons (Fsp3) is 0.273. The molecule has 2 amide bonds. The van der Waals surface area contributed by atoms with Gasteiger partial charge in [0, 0.05) is 32.2 Å². The van der Waals surface area contributed by atoms with Crippen molar-refractivity contribution in [3.63, 3.8) is 0 Å². The van der Waals surface area contributed by atoms with Crippen molar-refractivity contribution in [2.24, 2.45) is 0 Å². The van der Waals surface area contributed by atoms with Gasteiger partial charge in [0.25, 0.3) is 0 Å².